The van der Waals surface area contributed by atoms with Gasteiger partial charge in [0, 0.05) is 0 Å². The second-order valence-corrected chi connectivity index (χ2v) is 37.5. The Bertz CT molecular complexity index is 5650. The number of aryl methyl sites for hydroxylation is 8. The predicted octanol–water partition coefficient (Wildman–Crippen LogP) is 18.7. The minimum absolute atomic E-state index is 0.288. The summed E-state index contributed by atoms with van der Waals surface area (Å²) in [5.74, 6) is 1.34. The number of ether oxygens (including phenoxy) is 4. The van der Waals surface area contributed by atoms with Crippen molar-refractivity contribution in [1.82, 2.24) is 0 Å². The van der Waals surface area contributed by atoms with Crippen LogP contribution in [0.5, 0.6) is 23.0 Å². The van der Waals surface area contributed by atoms with Crippen LogP contribution in [0.15, 0.2) is 243 Å². The molecule has 12 aromatic carbocycles. The second-order valence-electron chi connectivity index (χ2n) is 30.0. The minimum Gasteiger partial charge on any atom is -0.0555 e. The zero-order valence-corrected chi connectivity index (χ0v) is 70.7. The third kappa shape index (κ3) is 19.7. The molecule has 0 saturated heterocycles. The normalized spacial score (nSPS) is 12.0. The molecule has 0 amide bonds. The summed E-state index contributed by atoms with van der Waals surface area (Å²) in [4.78, 5) is 53.6. The van der Waals surface area contributed by atoms with Gasteiger partial charge in [-0.1, -0.05) is 12.1 Å². The van der Waals surface area contributed by atoms with Crippen LogP contribution in [-0.2, 0) is 99.9 Å². The van der Waals surface area contributed by atoms with Crippen molar-refractivity contribution in [2.45, 2.75) is 144 Å². The molecule has 0 aromatic heterocycles. The van der Waals surface area contributed by atoms with Gasteiger partial charge in [-0.05, 0) is 37.5 Å². The maximum atomic E-state index is 14.1. The Kier molecular flexibility index (Phi) is 26.3. The molecule has 0 spiro atoms. The molecular formula is C98H94Co4O12. The summed E-state index contributed by atoms with van der Waals surface area (Å²) in [6.45, 7) is 26.9. The largest absolute Gasteiger partial charge is 0.0555 e. The van der Waals surface area contributed by atoms with E-state index in [0.29, 0.717) is 78.5 Å². The van der Waals surface area contributed by atoms with E-state index in [4.69, 9.17) is 18.9 Å². The molecule has 12 rings (SSSR count). The maximum Gasteiger partial charge on any atom is -0.0392 e. The molecule has 0 unspecified atom stereocenters. The fraction of sp³-hybridized carbons (Fsp3) is 0.224. The van der Waals surface area contributed by atoms with E-state index in [-0.39, 0.29) is 5.56 Å². The van der Waals surface area contributed by atoms with Gasteiger partial charge < -0.3 is 0 Å². The van der Waals surface area contributed by atoms with E-state index in [1.807, 2.05) is 100 Å². The number of unbranched alkanes of at least 4 members (excludes halogenated alkanes) is 1. The minimum atomic E-state index is -2.02. The Morgan fingerprint density at radius 1 is 0.316 bits per heavy atom. The second kappa shape index (κ2) is 36.1. The average molecular weight is 1700 g/mol. The Morgan fingerprint density at radius 3 is 1.04 bits per heavy atom. The van der Waals surface area contributed by atoms with E-state index in [9.17, 15) is 34.6 Å². The van der Waals surface area contributed by atoms with Crippen LogP contribution in [0.4, 0.5) is 0 Å². The van der Waals surface area contributed by atoms with E-state index in [2.05, 4.69) is 111 Å². The maximum absolute atomic E-state index is 14.1. The number of esters is 4. The van der Waals surface area contributed by atoms with Crippen LogP contribution in [-0.4, -0.2) is 23.9 Å². The summed E-state index contributed by atoms with van der Waals surface area (Å²) in [6, 6.07) is 74.3. The van der Waals surface area contributed by atoms with Gasteiger partial charge in [-0.2, -0.15) is 0 Å². The van der Waals surface area contributed by atoms with Crippen LogP contribution in [0.2, 0.25) is 11.2 Å². The SMILES string of the molecule is Cc1cc(Cc2cc(C)c(OC(=O)c3cc[c]([Co](=[O])[c]4ccc(C(C)(C)c5ccc(OC(=O)c6ccc[c]([Co](=[O])[CH2]CCCc7c(C)cc(Cc8cc(C)c(OC(=O)c9ccc[c]([Co](=[O])[c]%10ccc(C(C)(C)c%11ccc(OC(=O)c%12cc[c]([Co]([CH3])=[O])cc%12)cc%11)cc%10)c9)c(C)c8)cc7C)c6)cc5)cc4)cc3)c(C)c2)cc(C)c1C. The first kappa shape index (κ1) is 83.2. The Hall–Kier alpha value is -10.3. The molecule has 12 aromatic rings. The zero-order chi connectivity index (χ0) is 81.4. The van der Waals surface area contributed by atoms with Crippen molar-refractivity contribution < 1.29 is 108 Å². The third-order valence-electron chi connectivity index (χ3n) is 21.0. The fourth-order valence-corrected chi connectivity index (χ4v) is 19.2. The molecule has 0 aliphatic heterocycles. The topological polar surface area (TPSA) is 173 Å². The molecule has 0 aliphatic rings. The van der Waals surface area contributed by atoms with Crippen LogP contribution in [0.25, 0.3) is 0 Å². The first-order chi connectivity index (χ1) is 54.4. The van der Waals surface area contributed by atoms with Gasteiger partial charge in [-0.3, -0.25) is 0 Å². The van der Waals surface area contributed by atoms with Crippen LogP contribution >= 0.6 is 0 Å². The molecule has 16 heteroatoms. The molecular weight excluding hydrogens is 1600 g/mol. The molecule has 0 bridgehead atoms. The van der Waals surface area contributed by atoms with Gasteiger partial charge >= 0.3 is 641 Å². The van der Waals surface area contributed by atoms with Crippen molar-refractivity contribution in [3.63, 3.8) is 0 Å². The summed E-state index contributed by atoms with van der Waals surface area (Å²) in [5.41, 5.74) is 19.9. The van der Waals surface area contributed by atoms with Crippen molar-refractivity contribution >= 4 is 50.9 Å². The quantitative estimate of drug-likeness (QED) is 0.0271. The van der Waals surface area contributed by atoms with Crippen molar-refractivity contribution in [2.24, 2.45) is 0 Å². The number of hydrogen-bond donors (Lipinski definition) is 0. The third-order valence-corrected chi connectivity index (χ3v) is 27.6. The molecule has 0 fully saturated rings. The molecule has 0 N–H and O–H groups in total. The summed E-state index contributed by atoms with van der Waals surface area (Å²) >= 11 is -7.19. The Morgan fingerprint density at radius 2 is 0.632 bits per heavy atom. The number of carbonyl (C=O) groups is 4. The van der Waals surface area contributed by atoms with E-state index in [0.717, 1.165) is 86.9 Å². The van der Waals surface area contributed by atoms with E-state index in [1.165, 1.54) is 38.9 Å². The van der Waals surface area contributed by atoms with Gasteiger partial charge in [0.2, 0.25) is 0 Å². The van der Waals surface area contributed by atoms with E-state index in [1.54, 1.807) is 127 Å². The number of carbonyl (C=O) groups excluding carboxylic acids is 4. The molecule has 0 radical (unpaired) electrons. The van der Waals surface area contributed by atoms with Crippen molar-refractivity contribution in [1.29, 1.82) is 0 Å². The molecule has 114 heavy (non-hydrogen) atoms. The molecule has 12 nitrogen and oxygen atoms in total. The number of rotatable bonds is 27. The molecule has 0 heterocycles. The van der Waals surface area contributed by atoms with Crippen LogP contribution in [0.3, 0.4) is 0 Å². The van der Waals surface area contributed by atoms with Crippen LogP contribution in [0, 0.1) is 62.3 Å². The van der Waals surface area contributed by atoms with Crippen molar-refractivity contribution in [3.8, 4) is 23.0 Å². The van der Waals surface area contributed by atoms with Crippen LogP contribution in [0.1, 0.15) is 182 Å². The van der Waals surface area contributed by atoms with Gasteiger partial charge in [0.1, 0.15) is 0 Å². The van der Waals surface area contributed by atoms with Gasteiger partial charge in [0.15, 0.2) is 0 Å². The zero-order valence-electron chi connectivity index (χ0n) is 66.6. The Labute approximate surface area is 685 Å². The molecule has 0 atom stereocenters. The Balaban J connectivity index is 0.578. The smallest absolute Gasteiger partial charge is 0.0392 e. The molecule has 594 valence electrons. The first-order valence-corrected chi connectivity index (χ1v) is 44.1. The van der Waals surface area contributed by atoms with Crippen LogP contribution < -0.4 is 45.9 Å². The summed E-state index contributed by atoms with van der Waals surface area (Å²) in [6.07, 6.45) is 3.87. The summed E-state index contributed by atoms with van der Waals surface area (Å²) in [7, 11) is 0. The standard InChI is InChI=1S/C28H30O2.C25H25O2.2C22H18O2.CH3.4Co.4O/c1-6-7-13-26-19(2)14-23(15-20(26)3)18-24-16-21(4)27(22(5)17-24)30-28(29)25-11-9-8-10-12-25;1-16-11-21(12-17(2)20(16)5)15-22-13-18(3)24(19(4)14-22)27-25(26)23-9-7-6-8-10-23;2*1-22(2,18-11-7-4-8-12-18)19-13-15-20(16-14-19)24-21(23)17-9-5-3-6-10-17;;;;;;;;;/h8-9,11-12,14-17H,1,6-7,13,18H2,2-5H3;7-14H,15H2,1-5H3;5-16H,1-2H3;3,5,7-16H,1-2H3;1H3;;;;;;;;. The van der Waals surface area contributed by atoms with E-state index < -0.39 is 89.0 Å². The van der Waals surface area contributed by atoms with Gasteiger partial charge in [0.05, 0.1) is 0 Å². The number of benzene rings is 12. The summed E-state index contributed by atoms with van der Waals surface area (Å²) in [5, 5.41) is 0.473. The van der Waals surface area contributed by atoms with Gasteiger partial charge in [-0.15, -0.1) is 0 Å². The van der Waals surface area contributed by atoms with Crippen molar-refractivity contribution in [3.05, 3.63) is 365 Å². The number of hydrogen-bond acceptors (Lipinski definition) is 12. The van der Waals surface area contributed by atoms with Gasteiger partial charge in [0.25, 0.3) is 0 Å². The molecule has 0 aliphatic carbocycles. The first-order valence-electron chi connectivity index (χ1n) is 37.5. The monoisotopic (exact) mass is 1700 g/mol. The molecule has 0 saturated carbocycles. The fourth-order valence-electron chi connectivity index (χ4n) is 14.3. The predicted molar refractivity (Wildman–Crippen MR) is 434 cm³/mol. The van der Waals surface area contributed by atoms with Gasteiger partial charge in [-0.25, -0.2) is 0 Å². The van der Waals surface area contributed by atoms with E-state index >= 15 is 0 Å². The van der Waals surface area contributed by atoms with Crippen molar-refractivity contribution in [2.75, 3.05) is 0 Å². The average Bonchev–Trinajstić information content (AvgIpc) is 0.801. The summed E-state index contributed by atoms with van der Waals surface area (Å²) < 4.78 is 80.6.